The van der Waals surface area contributed by atoms with E-state index in [0.717, 1.165) is 0 Å². The highest BCUT2D eigenvalue weighted by molar-refractivity contribution is 9.10. The first-order chi connectivity index (χ1) is 20.6. The van der Waals surface area contributed by atoms with E-state index in [9.17, 15) is 24.8 Å². The molecule has 15 heteroatoms. The molecule has 1 aliphatic rings. The molecule has 4 rings (SSSR count). The molecule has 14 nitrogen and oxygen atoms in total. The van der Waals surface area contributed by atoms with Crippen LogP contribution >= 0.6 is 15.9 Å². The van der Waals surface area contributed by atoms with Crippen LogP contribution in [0.5, 0.6) is 11.5 Å². The van der Waals surface area contributed by atoms with Crippen molar-refractivity contribution in [2.75, 3.05) is 20.3 Å². The van der Waals surface area contributed by atoms with Crippen molar-refractivity contribution in [1.29, 1.82) is 0 Å². The molecule has 2 heterocycles. The fraction of sp³-hybridized carbons (Fsp3) is 0.250. The van der Waals surface area contributed by atoms with Gasteiger partial charge in [0.15, 0.2) is 17.7 Å². The van der Waals surface area contributed by atoms with Crippen molar-refractivity contribution in [2.24, 2.45) is 5.10 Å². The van der Waals surface area contributed by atoms with Gasteiger partial charge in [0, 0.05) is 16.2 Å². The quantitative estimate of drug-likeness (QED) is 0.0725. The number of rotatable bonds is 12. The average molecular weight is 658 g/mol. The van der Waals surface area contributed by atoms with Crippen molar-refractivity contribution in [2.45, 2.75) is 26.1 Å². The smallest absolute Gasteiger partial charge is 0.337 e. The Balaban J connectivity index is 1.40. The maximum atomic E-state index is 12.4. The summed E-state index contributed by atoms with van der Waals surface area (Å²) in [6, 6.07) is 11.4. The molecule has 0 aliphatic carbocycles. The van der Waals surface area contributed by atoms with Gasteiger partial charge in [0.05, 0.1) is 42.0 Å². The second-order valence-corrected chi connectivity index (χ2v) is 9.95. The molecule has 1 aliphatic heterocycles. The molecule has 226 valence electrons. The van der Waals surface area contributed by atoms with E-state index >= 15 is 0 Å². The molecule has 0 bridgehead atoms. The highest BCUT2D eigenvalue weighted by Gasteiger charge is 2.32. The summed E-state index contributed by atoms with van der Waals surface area (Å²) in [4.78, 5) is 35.4. The summed E-state index contributed by atoms with van der Waals surface area (Å²) >= 11 is 3.22. The molecule has 3 aromatic rings. The number of esters is 1. The van der Waals surface area contributed by atoms with Crippen molar-refractivity contribution in [3.63, 3.8) is 0 Å². The van der Waals surface area contributed by atoms with Gasteiger partial charge in [-0.05, 0) is 55.8 Å². The van der Waals surface area contributed by atoms with Gasteiger partial charge >= 0.3 is 12.0 Å². The highest BCUT2D eigenvalue weighted by Crippen LogP contribution is 2.35. The molecule has 1 aromatic heterocycles. The molecule has 0 fully saturated rings. The number of amides is 2. The van der Waals surface area contributed by atoms with E-state index in [2.05, 4.69) is 37.1 Å². The fourth-order valence-electron chi connectivity index (χ4n) is 4.24. The molecule has 0 radical (unpaired) electrons. The lowest BCUT2D eigenvalue weighted by atomic mass is 9.95. The van der Waals surface area contributed by atoms with E-state index < -0.39 is 29.2 Å². The molecule has 0 saturated heterocycles. The van der Waals surface area contributed by atoms with Gasteiger partial charge in [-0.3, -0.25) is 15.5 Å². The van der Waals surface area contributed by atoms with Gasteiger partial charge < -0.3 is 34.4 Å². The Morgan fingerprint density at radius 1 is 1.23 bits per heavy atom. The molecule has 43 heavy (non-hydrogen) atoms. The van der Waals surface area contributed by atoms with Crippen LogP contribution in [0.3, 0.4) is 0 Å². The number of urea groups is 1. The Labute approximate surface area is 254 Å². The minimum atomic E-state index is -1.23. The van der Waals surface area contributed by atoms with E-state index in [4.69, 9.17) is 18.6 Å². The SMILES string of the molecule is CCOc1cc([C@H]2NC(=O)NC(C)=C2C(=O)OC)ccc1OC[C@@H](O)N/N=C/c1ccc(-c2ccc(Br)cc2[N+](=O)[O-])o1. The maximum Gasteiger partial charge on any atom is 0.337 e. The zero-order valence-electron chi connectivity index (χ0n) is 23.3. The first-order valence-electron chi connectivity index (χ1n) is 12.9. The zero-order chi connectivity index (χ0) is 31.1. The normalized spacial score (nSPS) is 15.5. The number of nitro benzene ring substituents is 1. The summed E-state index contributed by atoms with van der Waals surface area (Å²) in [5.74, 6) is 0.620. The van der Waals surface area contributed by atoms with Crippen LogP contribution in [0.15, 0.2) is 73.8 Å². The number of nitro groups is 1. The first kappa shape index (κ1) is 31.1. The molecule has 2 aromatic carbocycles. The number of hydrogen-bond donors (Lipinski definition) is 4. The highest BCUT2D eigenvalue weighted by atomic mass is 79.9. The average Bonchev–Trinajstić information content (AvgIpc) is 3.44. The van der Waals surface area contributed by atoms with Crippen molar-refractivity contribution in [1.82, 2.24) is 16.1 Å². The van der Waals surface area contributed by atoms with Gasteiger partial charge in [-0.2, -0.15) is 5.10 Å². The Morgan fingerprint density at radius 2 is 2.02 bits per heavy atom. The largest absolute Gasteiger partial charge is 0.490 e. The molecule has 0 unspecified atom stereocenters. The third-order valence-corrected chi connectivity index (χ3v) is 6.63. The molecule has 4 N–H and O–H groups in total. The minimum Gasteiger partial charge on any atom is -0.490 e. The molecule has 0 saturated carbocycles. The van der Waals surface area contributed by atoms with E-state index in [0.29, 0.717) is 45.2 Å². The lowest BCUT2D eigenvalue weighted by molar-refractivity contribution is -0.384. The number of carbonyl (C=O) groups excluding carboxylic acids is 2. The number of allylic oxidation sites excluding steroid dienone is 1. The Bertz CT molecular complexity index is 1590. The van der Waals surface area contributed by atoms with E-state index in [1.165, 1.54) is 19.4 Å². The number of methoxy groups -OCH3 is 1. The summed E-state index contributed by atoms with van der Waals surface area (Å²) < 4.78 is 22.6. The number of ether oxygens (including phenoxy) is 3. The van der Waals surface area contributed by atoms with Gasteiger partial charge in [0.1, 0.15) is 18.1 Å². The minimum absolute atomic E-state index is 0.117. The van der Waals surface area contributed by atoms with Crippen molar-refractivity contribution >= 4 is 39.8 Å². The standard InChI is InChI=1S/C28H28BrN5O9/c1-4-41-23-11-16(26-25(27(36)40-3)15(2)31-28(37)32-26)5-9-22(23)42-14-24(35)33-30-13-18-7-10-21(43-18)19-8-6-17(29)12-20(19)34(38)39/h5-13,24,26,33,35H,4,14H2,1-3H3,(H2,31,32,37)/b30-13+/t24-,26-/m1/s1. The van der Waals surface area contributed by atoms with Crippen molar-refractivity contribution in [3.05, 3.63) is 85.7 Å². The van der Waals surface area contributed by atoms with Crippen molar-refractivity contribution < 1.29 is 38.2 Å². The van der Waals surface area contributed by atoms with Crippen LogP contribution in [0.4, 0.5) is 10.5 Å². The topological polar surface area (TPSA) is 187 Å². The lowest BCUT2D eigenvalue weighted by Gasteiger charge is -2.28. The summed E-state index contributed by atoms with van der Waals surface area (Å²) in [5, 5.41) is 31.0. The third-order valence-electron chi connectivity index (χ3n) is 6.14. The Morgan fingerprint density at radius 3 is 2.74 bits per heavy atom. The zero-order valence-corrected chi connectivity index (χ0v) is 24.8. The molecule has 2 amide bonds. The monoisotopic (exact) mass is 657 g/mol. The summed E-state index contributed by atoms with van der Waals surface area (Å²) in [5.41, 5.74) is 3.87. The molecule has 0 spiro atoms. The number of hydrogen-bond acceptors (Lipinski definition) is 11. The number of carbonyl (C=O) groups is 2. The molecule has 2 atom stereocenters. The van der Waals surface area contributed by atoms with Crippen molar-refractivity contribution in [3.8, 4) is 22.8 Å². The van der Waals surface area contributed by atoms with Crippen LogP contribution in [0.2, 0.25) is 0 Å². The Kier molecular flexibility index (Phi) is 10.0. The van der Waals surface area contributed by atoms with Crippen LogP contribution in [0, 0.1) is 10.1 Å². The van der Waals surface area contributed by atoms with Crippen LogP contribution in [-0.2, 0) is 9.53 Å². The number of nitrogens with one attached hydrogen (secondary N) is 3. The predicted molar refractivity (Wildman–Crippen MR) is 157 cm³/mol. The van der Waals surface area contributed by atoms with Crippen LogP contribution in [0.25, 0.3) is 11.3 Å². The molecular formula is C28H28BrN5O9. The number of nitrogens with zero attached hydrogens (tertiary/aromatic N) is 2. The molecular weight excluding hydrogens is 630 g/mol. The summed E-state index contributed by atoms with van der Waals surface area (Å²) in [6.45, 7) is 3.47. The summed E-state index contributed by atoms with van der Waals surface area (Å²) in [6.07, 6.45) is 0.0760. The second kappa shape index (κ2) is 13.8. The number of halogens is 1. The number of aliphatic hydroxyl groups is 1. The number of hydrazone groups is 1. The summed E-state index contributed by atoms with van der Waals surface area (Å²) in [7, 11) is 1.26. The van der Waals surface area contributed by atoms with Gasteiger partial charge in [-0.15, -0.1) is 0 Å². The first-order valence-corrected chi connectivity index (χ1v) is 13.7. The Hall–Kier alpha value is -4.89. The number of furan rings is 1. The number of benzene rings is 2. The van der Waals surface area contributed by atoms with Gasteiger partial charge in [0.25, 0.3) is 5.69 Å². The van der Waals surface area contributed by atoms with Gasteiger partial charge in [0.2, 0.25) is 0 Å². The predicted octanol–water partition coefficient (Wildman–Crippen LogP) is 4.14. The fourth-order valence-corrected chi connectivity index (χ4v) is 4.59. The van der Waals surface area contributed by atoms with E-state index in [1.807, 2.05) is 0 Å². The lowest BCUT2D eigenvalue weighted by Crippen LogP contribution is -2.45. The van der Waals surface area contributed by atoms with Gasteiger partial charge in [-0.1, -0.05) is 22.0 Å². The van der Waals surface area contributed by atoms with Gasteiger partial charge in [-0.25, -0.2) is 9.59 Å². The maximum absolute atomic E-state index is 12.4. The van der Waals surface area contributed by atoms with Crippen LogP contribution < -0.4 is 25.5 Å². The van der Waals surface area contributed by atoms with Crippen LogP contribution in [-0.4, -0.2) is 54.8 Å². The second-order valence-electron chi connectivity index (χ2n) is 9.04. The van der Waals surface area contributed by atoms with E-state index in [1.54, 1.807) is 56.3 Å². The van der Waals surface area contributed by atoms with Crippen LogP contribution in [0.1, 0.15) is 31.2 Å². The number of aliphatic hydroxyl groups excluding tert-OH is 1. The van der Waals surface area contributed by atoms with E-state index in [-0.39, 0.29) is 23.6 Å². The third kappa shape index (κ3) is 7.50.